The molecule has 2 aromatic rings. The lowest BCUT2D eigenvalue weighted by atomic mass is 10.2. The van der Waals surface area contributed by atoms with Crippen LogP contribution in [0.3, 0.4) is 0 Å². The summed E-state index contributed by atoms with van der Waals surface area (Å²) in [5, 5.41) is 2.72. The van der Waals surface area contributed by atoms with Gasteiger partial charge < -0.3 is 19.5 Å². The van der Waals surface area contributed by atoms with Crippen LogP contribution in [-0.4, -0.2) is 32.2 Å². The van der Waals surface area contributed by atoms with Crippen LogP contribution in [0.4, 0.5) is 5.69 Å². The number of carbonyl (C=O) groups is 2. The highest BCUT2D eigenvalue weighted by atomic mass is 16.5. The number of methoxy groups -OCH3 is 1. The van der Waals surface area contributed by atoms with E-state index in [2.05, 4.69) is 17.0 Å². The largest absolute Gasteiger partial charge is 0.493 e. The van der Waals surface area contributed by atoms with E-state index < -0.39 is 5.97 Å². The lowest BCUT2D eigenvalue weighted by Crippen LogP contribution is -2.20. The normalized spacial score (nSPS) is 10.3. The van der Waals surface area contributed by atoms with Crippen LogP contribution < -0.4 is 14.8 Å². The minimum absolute atomic E-state index is 0.126. The Morgan fingerprint density at radius 2 is 1.59 bits per heavy atom. The van der Waals surface area contributed by atoms with Gasteiger partial charge in [-0.3, -0.25) is 4.79 Å². The first-order chi connectivity index (χ1) is 14.1. The Labute approximate surface area is 172 Å². The van der Waals surface area contributed by atoms with Crippen LogP contribution in [0.1, 0.15) is 49.4 Å². The van der Waals surface area contributed by atoms with E-state index in [1.807, 2.05) is 12.1 Å². The van der Waals surface area contributed by atoms with E-state index >= 15 is 0 Å². The van der Waals surface area contributed by atoms with Crippen LogP contribution in [0.5, 0.6) is 11.5 Å². The molecule has 156 valence electrons. The van der Waals surface area contributed by atoms with Gasteiger partial charge in [0.1, 0.15) is 11.5 Å². The molecule has 0 saturated carbocycles. The molecular weight excluding hydrogens is 370 g/mol. The van der Waals surface area contributed by atoms with Crippen molar-refractivity contribution in [2.75, 3.05) is 25.6 Å². The number of hydrogen-bond acceptors (Lipinski definition) is 5. The molecule has 2 aromatic carbocycles. The summed E-state index contributed by atoms with van der Waals surface area (Å²) in [5.74, 6) is 0.591. The fourth-order valence-corrected chi connectivity index (χ4v) is 2.70. The summed E-state index contributed by atoms with van der Waals surface area (Å²) in [6.45, 7) is 2.75. The van der Waals surface area contributed by atoms with Crippen molar-refractivity contribution in [1.29, 1.82) is 0 Å². The van der Waals surface area contributed by atoms with Crippen LogP contribution in [0.15, 0.2) is 48.5 Å². The van der Waals surface area contributed by atoms with Gasteiger partial charge in [-0.25, -0.2) is 4.79 Å². The van der Waals surface area contributed by atoms with Crippen molar-refractivity contribution in [3.05, 3.63) is 54.1 Å². The van der Waals surface area contributed by atoms with Crippen LogP contribution >= 0.6 is 0 Å². The van der Waals surface area contributed by atoms with Gasteiger partial charge in [0.15, 0.2) is 6.61 Å². The smallest absolute Gasteiger partial charge is 0.337 e. The Balaban J connectivity index is 1.74. The van der Waals surface area contributed by atoms with Crippen molar-refractivity contribution in [2.24, 2.45) is 0 Å². The Hall–Kier alpha value is -3.02. The van der Waals surface area contributed by atoms with Crippen LogP contribution in [0.25, 0.3) is 0 Å². The summed E-state index contributed by atoms with van der Waals surface area (Å²) in [6.07, 6.45) is 5.93. The van der Waals surface area contributed by atoms with E-state index in [-0.39, 0.29) is 12.5 Å². The number of esters is 1. The molecule has 0 aliphatic carbocycles. The van der Waals surface area contributed by atoms with E-state index in [0.29, 0.717) is 23.6 Å². The Kier molecular flexibility index (Phi) is 9.55. The molecule has 1 amide bonds. The summed E-state index contributed by atoms with van der Waals surface area (Å²) in [6, 6.07) is 13.7. The minimum Gasteiger partial charge on any atom is -0.493 e. The molecule has 0 heterocycles. The highest BCUT2D eigenvalue weighted by molar-refractivity contribution is 5.93. The Morgan fingerprint density at radius 3 is 2.28 bits per heavy atom. The lowest BCUT2D eigenvalue weighted by molar-refractivity contribution is -0.118. The molecule has 0 radical (unpaired) electrons. The Bertz CT molecular complexity index is 773. The zero-order valence-corrected chi connectivity index (χ0v) is 17.1. The molecule has 0 atom stereocenters. The number of carbonyl (C=O) groups excluding carboxylic acids is 2. The molecule has 0 spiro atoms. The first kappa shape index (κ1) is 22.3. The summed E-state index contributed by atoms with van der Waals surface area (Å²) in [4.78, 5) is 23.5. The Morgan fingerprint density at radius 1 is 0.897 bits per heavy atom. The van der Waals surface area contributed by atoms with Crippen molar-refractivity contribution < 1.29 is 23.8 Å². The number of nitrogens with one attached hydrogen (secondary N) is 1. The third kappa shape index (κ3) is 8.25. The maximum absolute atomic E-state index is 12.1. The second-order valence-corrected chi connectivity index (χ2v) is 6.64. The number of benzene rings is 2. The summed E-state index contributed by atoms with van der Waals surface area (Å²) >= 11 is 0. The summed E-state index contributed by atoms with van der Waals surface area (Å²) in [7, 11) is 1.32. The summed E-state index contributed by atoms with van der Waals surface area (Å²) in [5.41, 5.74) is 0.996. The van der Waals surface area contributed by atoms with Gasteiger partial charge in [-0.1, -0.05) is 38.7 Å². The van der Waals surface area contributed by atoms with Crippen LogP contribution in [-0.2, 0) is 9.53 Å². The van der Waals surface area contributed by atoms with Crippen LogP contribution in [0.2, 0.25) is 0 Å². The average molecular weight is 399 g/mol. The molecule has 0 aliphatic rings. The predicted octanol–water partition coefficient (Wildman–Crippen LogP) is 4.84. The highest BCUT2D eigenvalue weighted by Gasteiger charge is 2.07. The fourth-order valence-electron chi connectivity index (χ4n) is 2.70. The van der Waals surface area contributed by atoms with E-state index in [1.54, 1.807) is 36.4 Å². The molecule has 1 N–H and O–H groups in total. The number of anilines is 1. The van der Waals surface area contributed by atoms with Gasteiger partial charge >= 0.3 is 5.97 Å². The first-order valence-corrected chi connectivity index (χ1v) is 9.96. The number of hydrogen-bond donors (Lipinski definition) is 1. The second-order valence-electron chi connectivity index (χ2n) is 6.64. The molecule has 6 heteroatoms. The van der Waals surface area contributed by atoms with E-state index in [0.717, 1.165) is 12.2 Å². The molecule has 0 aromatic heterocycles. The van der Waals surface area contributed by atoms with Gasteiger partial charge in [0.25, 0.3) is 5.91 Å². The third-order valence-electron chi connectivity index (χ3n) is 4.28. The molecule has 0 saturated heterocycles. The van der Waals surface area contributed by atoms with Crippen molar-refractivity contribution in [3.8, 4) is 11.5 Å². The molecule has 0 fully saturated rings. The minimum atomic E-state index is -0.422. The van der Waals surface area contributed by atoms with Crippen LogP contribution in [0, 0.1) is 0 Å². The number of rotatable bonds is 12. The average Bonchev–Trinajstić information content (AvgIpc) is 2.75. The molecule has 2 rings (SSSR count). The monoisotopic (exact) mass is 399 g/mol. The molecule has 6 nitrogen and oxygen atoms in total. The highest BCUT2D eigenvalue weighted by Crippen LogP contribution is 2.20. The van der Waals surface area contributed by atoms with Gasteiger partial charge in [0.05, 0.1) is 19.3 Å². The van der Waals surface area contributed by atoms with Crippen molar-refractivity contribution >= 4 is 17.6 Å². The van der Waals surface area contributed by atoms with Crippen molar-refractivity contribution in [1.82, 2.24) is 0 Å². The lowest BCUT2D eigenvalue weighted by Gasteiger charge is -2.10. The zero-order chi connectivity index (χ0) is 20.9. The molecule has 0 aliphatic heterocycles. The van der Waals surface area contributed by atoms with Crippen molar-refractivity contribution in [2.45, 2.75) is 39.0 Å². The maximum atomic E-state index is 12.1. The molecule has 0 bridgehead atoms. The number of amides is 1. The van der Waals surface area contributed by atoms with E-state index in [9.17, 15) is 9.59 Å². The molecule has 29 heavy (non-hydrogen) atoms. The third-order valence-corrected chi connectivity index (χ3v) is 4.28. The van der Waals surface area contributed by atoms with E-state index in [1.165, 1.54) is 32.8 Å². The van der Waals surface area contributed by atoms with Gasteiger partial charge in [0.2, 0.25) is 0 Å². The van der Waals surface area contributed by atoms with Gasteiger partial charge in [-0.2, -0.15) is 0 Å². The number of ether oxygens (including phenoxy) is 3. The molecular formula is C23H29NO5. The topological polar surface area (TPSA) is 73.9 Å². The fraction of sp³-hybridized carbons (Fsp3) is 0.391. The standard InChI is InChI=1S/C23H29NO5/c1-3-4-5-6-7-15-28-20-9-8-10-21(16-20)29-17-22(25)24-19-13-11-18(12-14-19)23(26)27-2/h8-14,16H,3-7,15,17H2,1-2H3,(H,24,25). The van der Waals surface area contributed by atoms with Crippen molar-refractivity contribution in [3.63, 3.8) is 0 Å². The quantitative estimate of drug-likeness (QED) is 0.408. The molecule has 0 unspecified atom stereocenters. The number of unbranched alkanes of at least 4 members (excludes halogenated alkanes) is 4. The van der Waals surface area contributed by atoms with Gasteiger partial charge in [0, 0.05) is 11.8 Å². The predicted molar refractivity (Wildman–Crippen MR) is 113 cm³/mol. The zero-order valence-electron chi connectivity index (χ0n) is 17.1. The van der Waals surface area contributed by atoms with E-state index in [4.69, 9.17) is 9.47 Å². The maximum Gasteiger partial charge on any atom is 0.337 e. The van der Waals surface area contributed by atoms with Gasteiger partial charge in [-0.15, -0.1) is 0 Å². The first-order valence-electron chi connectivity index (χ1n) is 9.96. The second kappa shape index (κ2) is 12.4. The summed E-state index contributed by atoms with van der Waals surface area (Å²) < 4.78 is 15.9. The van der Waals surface area contributed by atoms with Gasteiger partial charge in [-0.05, 0) is 42.8 Å². The SMILES string of the molecule is CCCCCCCOc1cccc(OCC(=O)Nc2ccc(C(=O)OC)cc2)c1.